The van der Waals surface area contributed by atoms with Crippen LogP contribution < -0.4 is 0 Å². The van der Waals surface area contributed by atoms with Crippen LogP contribution >= 0.6 is 15.9 Å². The van der Waals surface area contributed by atoms with Crippen LogP contribution in [0.3, 0.4) is 0 Å². The van der Waals surface area contributed by atoms with Gasteiger partial charge < -0.3 is 9.84 Å². The number of hydrogen-bond acceptors (Lipinski definition) is 3. The van der Waals surface area contributed by atoms with Crippen LogP contribution in [-0.4, -0.2) is 30.2 Å². The predicted octanol–water partition coefficient (Wildman–Crippen LogP) is 2.65. The summed E-state index contributed by atoms with van der Waals surface area (Å²) in [4.78, 5) is 11.5. The van der Waals surface area contributed by atoms with E-state index in [1.807, 2.05) is 0 Å². The summed E-state index contributed by atoms with van der Waals surface area (Å²) in [6, 6.07) is 6.70. The minimum atomic E-state index is -2.86. The first-order valence-corrected chi connectivity index (χ1v) is 6.50. The number of carbonyl (C=O) groups excluding carboxylic acids is 1. The molecule has 0 aliphatic heterocycles. The Balaban J connectivity index is 2.40. The Labute approximate surface area is 117 Å². The highest BCUT2D eigenvalue weighted by Crippen LogP contribution is 2.55. The number of carbonyl (C=O) groups is 1. The second-order valence-electron chi connectivity index (χ2n) is 4.80. The molecule has 3 nitrogen and oxygen atoms in total. The number of alkyl halides is 2. The van der Waals surface area contributed by atoms with Crippen molar-refractivity contribution in [2.45, 2.75) is 30.3 Å². The monoisotopic (exact) mass is 334 g/mol. The normalized spacial score (nSPS) is 21.3. The Kier molecular flexibility index (Phi) is 3.66. The molecule has 1 aliphatic rings. The van der Waals surface area contributed by atoms with Crippen molar-refractivity contribution in [3.63, 3.8) is 0 Å². The highest BCUT2D eigenvalue weighted by Gasteiger charge is 2.62. The van der Waals surface area contributed by atoms with Gasteiger partial charge in [0.2, 0.25) is 5.92 Å². The summed E-state index contributed by atoms with van der Waals surface area (Å²) in [6.07, 6.45) is -2.72. The zero-order chi connectivity index (χ0) is 14.3. The van der Waals surface area contributed by atoms with E-state index < -0.39 is 36.3 Å². The molecule has 0 spiro atoms. The van der Waals surface area contributed by atoms with Gasteiger partial charge >= 0.3 is 5.97 Å². The highest BCUT2D eigenvalue weighted by atomic mass is 79.9. The number of ether oxygens (including phenoxy) is 1. The van der Waals surface area contributed by atoms with Gasteiger partial charge in [0.05, 0.1) is 7.11 Å². The van der Waals surface area contributed by atoms with Crippen molar-refractivity contribution in [1.29, 1.82) is 0 Å². The van der Waals surface area contributed by atoms with E-state index in [0.29, 0.717) is 10.0 Å². The summed E-state index contributed by atoms with van der Waals surface area (Å²) in [5.41, 5.74) is -0.772. The number of benzene rings is 1. The minimum absolute atomic E-state index is 0.505. The lowest BCUT2D eigenvalue weighted by Crippen LogP contribution is -2.58. The maximum absolute atomic E-state index is 13.3. The number of aliphatic hydroxyl groups excluding tert-OH is 1. The van der Waals surface area contributed by atoms with Crippen LogP contribution in [0, 0.1) is 0 Å². The average Bonchev–Trinajstić information content (AvgIpc) is 2.33. The second-order valence-corrected chi connectivity index (χ2v) is 5.72. The van der Waals surface area contributed by atoms with Crippen LogP contribution in [0.5, 0.6) is 0 Å². The SMILES string of the molecule is COC(=O)C(O)C1(c2cccc(Br)c2)CC(F)(F)C1. The van der Waals surface area contributed by atoms with Gasteiger partial charge in [-0.05, 0) is 17.7 Å². The minimum Gasteiger partial charge on any atom is -0.467 e. The smallest absolute Gasteiger partial charge is 0.335 e. The predicted molar refractivity (Wildman–Crippen MR) is 68.0 cm³/mol. The number of esters is 1. The molecule has 19 heavy (non-hydrogen) atoms. The zero-order valence-corrected chi connectivity index (χ0v) is 11.8. The first-order chi connectivity index (χ1) is 8.81. The van der Waals surface area contributed by atoms with Crippen LogP contribution in [-0.2, 0) is 14.9 Å². The van der Waals surface area contributed by atoms with Gasteiger partial charge in [0, 0.05) is 22.7 Å². The van der Waals surface area contributed by atoms with E-state index in [2.05, 4.69) is 20.7 Å². The lowest BCUT2D eigenvalue weighted by atomic mass is 9.59. The molecule has 0 amide bonds. The number of methoxy groups -OCH3 is 1. The van der Waals surface area contributed by atoms with E-state index in [9.17, 15) is 18.7 Å². The second kappa shape index (κ2) is 4.83. The average molecular weight is 335 g/mol. The van der Waals surface area contributed by atoms with E-state index in [1.54, 1.807) is 24.3 Å². The molecule has 0 bridgehead atoms. The molecule has 1 unspecified atom stereocenters. The van der Waals surface area contributed by atoms with Crippen molar-refractivity contribution in [2.75, 3.05) is 7.11 Å². The molecule has 1 fully saturated rings. The third-order valence-electron chi connectivity index (χ3n) is 3.50. The molecule has 6 heteroatoms. The molecule has 1 aromatic carbocycles. The maximum Gasteiger partial charge on any atom is 0.335 e. The Morgan fingerprint density at radius 2 is 2.11 bits per heavy atom. The molecule has 0 saturated heterocycles. The molecule has 1 aliphatic carbocycles. The molecule has 1 saturated carbocycles. The van der Waals surface area contributed by atoms with E-state index in [-0.39, 0.29) is 0 Å². The van der Waals surface area contributed by atoms with E-state index in [1.165, 1.54) is 0 Å². The van der Waals surface area contributed by atoms with Gasteiger partial charge in [-0.3, -0.25) is 0 Å². The molecule has 1 N–H and O–H groups in total. The van der Waals surface area contributed by atoms with Crippen molar-refractivity contribution in [3.8, 4) is 0 Å². The van der Waals surface area contributed by atoms with Crippen molar-refractivity contribution in [3.05, 3.63) is 34.3 Å². The molecule has 1 atom stereocenters. The highest BCUT2D eigenvalue weighted by molar-refractivity contribution is 9.10. The Bertz CT molecular complexity index is 496. The molecule has 2 rings (SSSR count). The number of hydrogen-bond donors (Lipinski definition) is 1. The molecule has 104 valence electrons. The third kappa shape index (κ3) is 2.51. The molecule has 0 heterocycles. The topological polar surface area (TPSA) is 46.5 Å². The fourth-order valence-electron chi connectivity index (χ4n) is 2.56. The van der Waals surface area contributed by atoms with E-state index in [0.717, 1.165) is 7.11 Å². The van der Waals surface area contributed by atoms with Crippen LogP contribution in [0.4, 0.5) is 8.78 Å². The fourth-order valence-corrected chi connectivity index (χ4v) is 2.96. The number of aliphatic hydroxyl groups is 1. The van der Waals surface area contributed by atoms with Crippen LogP contribution in [0.15, 0.2) is 28.7 Å². The molecule has 1 aromatic rings. The molecular formula is C13H13BrF2O3. The standard InChI is InChI=1S/C13H13BrF2O3/c1-19-11(18)10(17)12(6-13(15,16)7-12)8-3-2-4-9(14)5-8/h2-5,10,17H,6-7H2,1H3. The molecular weight excluding hydrogens is 322 g/mol. The molecule has 0 radical (unpaired) electrons. The van der Waals surface area contributed by atoms with Crippen LogP contribution in [0.25, 0.3) is 0 Å². The summed E-state index contributed by atoms with van der Waals surface area (Å²) in [5, 5.41) is 10.0. The number of halogens is 3. The first kappa shape index (κ1) is 14.4. The van der Waals surface area contributed by atoms with Crippen molar-refractivity contribution in [2.24, 2.45) is 0 Å². The van der Waals surface area contributed by atoms with Crippen molar-refractivity contribution in [1.82, 2.24) is 0 Å². The van der Waals surface area contributed by atoms with Gasteiger partial charge in [-0.1, -0.05) is 28.1 Å². The van der Waals surface area contributed by atoms with Gasteiger partial charge in [-0.25, -0.2) is 13.6 Å². The van der Waals surface area contributed by atoms with E-state index >= 15 is 0 Å². The quantitative estimate of drug-likeness (QED) is 0.864. The fraction of sp³-hybridized carbons (Fsp3) is 0.462. The Hall–Kier alpha value is -1.01. The van der Waals surface area contributed by atoms with Gasteiger partial charge in [-0.2, -0.15) is 0 Å². The van der Waals surface area contributed by atoms with Gasteiger partial charge in [0.15, 0.2) is 6.10 Å². The summed E-state index contributed by atoms with van der Waals surface area (Å²) in [6.45, 7) is 0. The largest absolute Gasteiger partial charge is 0.467 e. The summed E-state index contributed by atoms with van der Waals surface area (Å²) < 4.78 is 31.7. The van der Waals surface area contributed by atoms with Crippen LogP contribution in [0.1, 0.15) is 18.4 Å². The Morgan fingerprint density at radius 3 is 2.58 bits per heavy atom. The lowest BCUT2D eigenvalue weighted by Gasteiger charge is -2.49. The number of rotatable bonds is 3. The van der Waals surface area contributed by atoms with Gasteiger partial charge in [0.25, 0.3) is 0 Å². The Morgan fingerprint density at radius 1 is 1.47 bits per heavy atom. The van der Waals surface area contributed by atoms with Gasteiger partial charge in [0.1, 0.15) is 0 Å². The maximum atomic E-state index is 13.3. The van der Waals surface area contributed by atoms with Gasteiger partial charge in [-0.15, -0.1) is 0 Å². The summed E-state index contributed by atoms with van der Waals surface area (Å²) >= 11 is 3.25. The summed E-state index contributed by atoms with van der Waals surface area (Å²) in [7, 11) is 1.12. The zero-order valence-electron chi connectivity index (χ0n) is 10.2. The summed E-state index contributed by atoms with van der Waals surface area (Å²) in [5.74, 6) is -3.76. The van der Waals surface area contributed by atoms with Crippen LogP contribution in [0.2, 0.25) is 0 Å². The first-order valence-electron chi connectivity index (χ1n) is 5.70. The lowest BCUT2D eigenvalue weighted by molar-refractivity contribution is -0.183. The van der Waals surface area contributed by atoms with Crippen molar-refractivity contribution >= 4 is 21.9 Å². The van der Waals surface area contributed by atoms with Crippen molar-refractivity contribution < 1.29 is 23.4 Å². The third-order valence-corrected chi connectivity index (χ3v) is 3.99. The van der Waals surface area contributed by atoms with E-state index in [4.69, 9.17) is 0 Å². The molecule has 0 aromatic heterocycles.